The van der Waals surface area contributed by atoms with Gasteiger partial charge in [0.2, 0.25) is 15.9 Å². The number of aromatic nitrogens is 2. The third-order valence-corrected chi connectivity index (χ3v) is 3.63. The van der Waals surface area contributed by atoms with Gasteiger partial charge in [0.15, 0.2) is 5.82 Å². The molecule has 0 fully saturated rings. The lowest BCUT2D eigenvalue weighted by Crippen LogP contribution is -2.26. The summed E-state index contributed by atoms with van der Waals surface area (Å²) >= 11 is 0. The summed E-state index contributed by atoms with van der Waals surface area (Å²) < 4.78 is 30.1. The Bertz CT molecular complexity index is 506. The first kappa shape index (κ1) is 15.4. The van der Waals surface area contributed by atoms with Gasteiger partial charge in [-0.1, -0.05) is 6.92 Å². The molecule has 4 N–H and O–H groups in total. The molecule has 1 aromatic heterocycles. The Hall–Kier alpha value is -1.61. The molecule has 0 radical (unpaired) electrons. The highest BCUT2D eigenvalue weighted by atomic mass is 32.2. The van der Waals surface area contributed by atoms with Gasteiger partial charge in [-0.05, 0) is 13.5 Å². The Morgan fingerprint density at radius 1 is 1.42 bits per heavy atom. The first-order chi connectivity index (χ1) is 9.00. The van der Waals surface area contributed by atoms with Gasteiger partial charge >= 0.3 is 0 Å². The predicted molar refractivity (Wildman–Crippen MR) is 73.6 cm³/mol. The molecule has 0 aliphatic rings. The normalized spacial score (nSPS) is 11.3. The number of hydrogen-bond donors (Lipinski definition) is 3. The highest BCUT2D eigenvalue weighted by Gasteiger charge is 2.11. The van der Waals surface area contributed by atoms with Crippen molar-refractivity contribution in [1.29, 1.82) is 0 Å². The standard InChI is InChI=1S/C10H19N5O3S/c1-3-5-18-10-8(11)9(14-7-15-10)13-4-6-19(16,17)12-2/h7,12H,3-6,11H2,1-2H3,(H,13,14,15). The summed E-state index contributed by atoms with van der Waals surface area (Å²) in [5.41, 5.74) is 6.10. The monoisotopic (exact) mass is 289 g/mol. The van der Waals surface area contributed by atoms with Crippen LogP contribution < -0.4 is 20.5 Å². The van der Waals surface area contributed by atoms with E-state index >= 15 is 0 Å². The van der Waals surface area contributed by atoms with Crippen LogP contribution in [0.5, 0.6) is 5.88 Å². The minimum absolute atomic E-state index is 0.0713. The average molecular weight is 289 g/mol. The molecule has 0 aliphatic heterocycles. The van der Waals surface area contributed by atoms with Gasteiger partial charge in [0, 0.05) is 6.54 Å². The van der Waals surface area contributed by atoms with Crippen molar-refractivity contribution >= 4 is 21.5 Å². The summed E-state index contributed by atoms with van der Waals surface area (Å²) in [5.74, 6) is 0.598. The first-order valence-corrected chi connectivity index (χ1v) is 7.53. The molecule has 0 aromatic carbocycles. The van der Waals surface area contributed by atoms with Crippen LogP contribution in [0.15, 0.2) is 6.33 Å². The third-order valence-electron chi connectivity index (χ3n) is 2.26. The smallest absolute Gasteiger partial charge is 0.242 e. The van der Waals surface area contributed by atoms with E-state index in [-0.39, 0.29) is 18.0 Å². The Morgan fingerprint density at radius 2 is 2.16 bits per heavy atom. The molecule has 0 spiro atoms. The van der Waals surface area contributed by atoms with Gasteiger partial charge in [-0.3, -0.25) is 0 Å². The van der Waals surface area contributed by atoms with Crippen LogP contribution >= 0.6 is 0 Å². The molecule has 108 valence electrons. The molecule has 0 unspecified atom stereocenters. The van der Waals surface area contributed by atoms with Crippen molar-refractivity contribution in [1.82, 2.24) is 14.7 Å². The maximum Gasteiger partial charge on any atom is 0.242 e. The zero-order chi connectivity index (χ0) is 14.3. The Balaban J connectivity index is 2.64. The number of nitrogen functional groups attached to an aromatic ring is 1. The van der Waals surface area contributed by atoms with Crippen LogP contribution in [0.2, 0.25) is 0 Å². The van der Waals surface area contributed by atoms with E-state index in [1.54, 1.807) is 0 Å². The summed E-state index contributed by atoms with van der Waals surface area (Å²) in [7, 11) is -1.89. The van der Waals surface area contributed by atoms with Crippen molar-refractivity contribution in [3.63, 3.8) is 0 Å². The van der Waals surface area contributed by atoms with Gasteiger partial charge in [-0.25, -0.2) is 18.1 Å². The lowest BCUT2D eigenvalue weighted by molar-refractivity contribution is 0.307. The number of ether oxygens (including phenoxy) is 1. The minimum Gasteiger partial charge on any atom is -0.476 e. The van der Waals surface area contributed by atoms with Crippen LogP contribution in [-0.4, -0.2) is 44.3 Å². The average Bonchev–Trinajstić information content (AvgIpc) is 2.39. The van der Waals surface area contributed by atoms with Gasteiger partial charge in [0.05, 0.1) is 12.4 Å². The number of nitrogens with one attached hydrogen (secondary N) is 2. The molecular weight excluding hydrogens is 270 g/mol. The van der Waals surface area contributed by atoms with Gasteiger partial charge < -0.3 is 15.8 Å². The number of sulfonamides is 1. The predicted octanol–water partition coefficient (Wildman–Crippen LogP) is -0.191. The zero-order valence-corrected chi connectivity index (χ0v) is 11.8. The fourth-order valence-electron chi connectivity index (χ4n) is 1.24. The molecule has 0 saturated carbocycles. The summed E-state index contributed by atoms with van der Waals surface area (Å²) in [5, 5.41) is 2.84. The summed E-state index contributed by atoms with van der Waals surface area (Å²) in [6.45, 7) is 2.67. The summed E-state index contributed by atoms with van der Waals surface area (Å²) in [6.07, 6.45) is 2.16. The Labute approximate surface area is 112 Å². The molecule has 8 nitrogen and oxygen atoms in total. The van der Waals surface area contributed by atoms with Gasteiger partial charge in [-0.15, -0.1) is 0 Å². The van der Waals surface area contributed by atoms with E-state index in [1.807, 2.05) is 6.92 Å². The van der Waals surface area contributed by atoms with Crippen molar-refractivity contribution in [2.24, 2.45) is 0 Å². The van der Waals surface area contributed by atoms with Crippen molar-refractivity contribution in [2.45, 2.75) is 13.3 Å². The number of rotatable bonds is 8. The highest BCUT2D eigenvalue weighted by Crippen LogP contribution is 2.24. The second kappa shape index (κ2) is 7.10. The van der Waals surface area contributed by atoms with E-state index < -0.39 is 10.0 Å². The zero-order valence-electron chi connectivity index (χ0n) is 11.0. The van der Waals surface area contributed by atoms with Gasteiger partial charge in [0.1, 0.15) is 12.0 Å². The number of nitrogens with zero attached hydrogens (tertiary/aromatic N) is 2. The molecule has 19 heavy (non-hydrogen) atoms. The highest BCUT2D eigenvalue weighted by molar-refractivity contribution is 7.89. The lowest BCUT2D eigenvalue weighted by Gasteiger charge is -2.11. The SMILES string of the molecule is CCCOc1ncnc(NCCS(=O)(=O)NC)c1N. The Kier molecular flexibility index (Phi) is 5.77. The van der Waals surface area contributed by atoms with Crippen LogP contribution in [0.25, 0.3) is 0 Å². The number of hydrogen-bond acceptors (Lipinski definition) is 7. The van der Waals surface area contributed by atoms with E-state index in [0.717, 1.165) is 6.42 Å². The summed E-state index contributed by atoms with van der Waals surface area (Å²) in [6, 6.07) is 0. The largest absolute Gasteiger partial charge is 0.476 e. The summed E-state index contributed by atoms with van der Waals surface area (Å²) in [4.78, 5) is 7.87. The second-order valence-electron chi connectivity index (χ2n) is 3.74. The molecule has 9 heteroatoms. The third kappa shape index (κ3) is 4.87. The molecule has 0 atom stereocenters. The lowest BCUT2D eigenvalue weighted by atomic mass is 10.4. The second-order valence-corrected chi connectivity index (χ2v) is 5.79. The van der Waals surface area contributed by atoms with E-state index in [9.17, 15) is 8.42 Å². The Morgan fingerprint density at radius 3 is 2.79 bits per heavy atom. The van der Waals surface area contributed by atoms with Crippen molar-refractivity contribution in [2.75, 3.05) is 37.0 Å². The molecule has 0 saturated heterocycles. The van der Waals surface area contributed by atoms with Crippen molar-refractivity contribution in [3.05, 3.63) is 6.33 Å². The maximum atomic E-state index is 11.2. The minimum atomic E-state index is -3.25. The van der Waals surface area contributed by atoms with E-state index in [1.165, 1.54) is 13.4 Å². The maximum absolute atomic E-state index is 11.2. The van der Waals surface area contributed by atoms with Gasteiger partial charge in [-0.2, -0.15) is 4.98 Å². The molecule has 0 amide bonds. The van der Waals surface area contributed by atoms with Crippen LogP contribution in [0.4, 0.5) is 11.5 Å². The van der Waals surface area contributed by atoms with Crippen LogP contribution in [0.1, 0.15) is 13.3 Å². The molecule has 1 rings (SSSR count). The van der Waals surface area contributed by atoms with Crippen LogP contribution in [0, 0.1) is 0 Å². The quantitative estimate of drug-likeness (QED) is 0.606. The van der Waals surface area contributed by atoms with E-state index in [0.29, 0.717) is 18.3 Å². The fraction of sp³-hybridized carbons (Fsp3) is 0.600. The number of nitrogens with two attached hydrogens (primary N) is 1. The molecule has 1 aromatic rings. The van der Waals surface area contributed by atoms with E-state index in [2.05, 4.69) is 20.0 Å². The first-order valence-electron chi connectivity index (χ1n) is 5.88. The molecular formula is C10H19N5O3S. The van der Waals surface area contributed by atoms with Gasteiger partial charge in [0.25, 0.3) is 0 Å². The fourth-order valence-corrected chi connectivity index (χ4v) is 1.81. The number of anilines is 2. The molecule has 1 heterocycles. The van der Waals surface area contributed by atoms with E-state index in [4.69, 9.17) is 10.5 Å². The van der Waals surface area contributed by atoms with Crippen molar-refractivity contribution < 1.29 is 13.2 Å². The van der Waals surface area contributed by atoms with Crippen LogP contribution in [0.3, 0.4) is 0 Å². The van der Waals surface area contributed by atoms with Crippen molar-refractivity contribution in [3.8, 4) is 5.88 Å². The molecule has 0 aliphatic carbocycles. The van der Waals surface area contributed by atoms with Crippen LogP contribution in [-0.2, 0) is 10.0 Å². The topological polar surface area (TPSA) is 119 Å². The molecule has 0 bridgehead atoms.